The van der Waals surface area contributed by atoms with Crippen molar-refractivity contribution in [3.8, 4) is 0 Å². The standard InChI is InChI=1S/C14H12N2O2S/c15-14-10-11-6-4-5-9-13(11)16(14)19(17,18)12-7-2-1-3-8-12/h1-10H,15H2. The number of anilines is 1. The zero-order valence-corrected chi connectivity index (χ0v) is 10.8. The number of nitrogens with two attached hydrogens (primary N) is 1. The molecule has 0 spiro atoms. The molecule has 0 radical (unpaired) electrons. The molecule has 5 heteroatoms. The summed E-state index contributed by atoms with van der Waals surface area (Å²) in [6.45, 7) is 0. The average Bonchev–Trinajstić information content (AvgIpc) is 2.76. The summed E-state index contributed by atoms with van der Waals surface area (Å²) in [5.74, 6) is 0.213. The summed E-state index contributed by atoms with van der Waals surface area (Å²) in [6.07, 6.45) is 0. The molecule has 0 saturated heterocycles. The average molecular weight is 272 g/mol. The van der Waals surface area contributed by atoms with Crippen LogP contribution >= 0.6 is 0 Å². The lowest BCUT2D eigenvalue weighted by molar-refractivity contribution is 0.590. The molecule has 2 aromatic carbocycles. The third-order valence-corrected chi connectivity index (χ3v) is 4.73. The molecule has 0 bridgehead atoms. The summed E-state index contributed by atoms with van der Waals surface area (Å²) in [5.41, 5.74) is 6.45. The molecule has 3 aromatic rings. The highest BCUT2D eigenvalue weighted by Gasteiger charge is 2.21. The van der Waals surface area contributed by atoms with E-state index in [9.17, 15) is 8.42 Å². The van der Waals surface area contributed by atoms with Crippen LogP contribution in [0.5, 0.6) is 0 Å². The van der Waals surface area contributed by atoms with Crippen LogP contribution in [0.1, 0.15) is 0 Å². The quantitative estimate of drug-likeness (QED) is 0.779. The van der Waals surface area contributed by atoms with Gasteiger partial charge in [0, 0.05) is 5.39 Å². The molecule has 3 rings (SSSR count). The Balaban J connectivity index is 2.34. The van der Waals surface area contributed by atoms with Crippen LogP contribution in [-0.2, 0) is 10.0 Å². The third kappa shape index (κ3) is 1.79. The van der Waals surface area contributed by atoms with Gasteiger partial charge in [-0.05, 0) is 24.3 Å². The maximum Gasteiger partial charge on any atom is 0.269 e. The van der Waals surface area contributed by atoms with Crippen LogP contribution in [-0.4, -0.2) is 12.4 Å². The third-order valence-electron chi connectivity index (χ3n) is 2.97. The van der Waals surface area contributed by atoms with E-state index in [2.05, 4.69) is 0 Å². The molecule has 0 fully saturated rings. The van der Waals surface area contributed by atoms with Gasteiger partial charge in [0.1, 0.15) is 5.82 Å². The van der Waals surface area contributed by atoms with Gasteiger partial charge in [0.25, 0.3) is 10.0 Å². The van der Waals surface area contributed by atoms with Crippen molar-refractivity contribution in [1.82, 2.24) is 3.97 Å². The van der Waals surface area contributed by atoms with E-state index in [-0.39, 0.29) is 10.7 Å². The number of aromatic nitrogens is 1. The van der Waals surface area contributed by atoms with Crippen LogP contribution in [0.3, 0.4) is 0 Å². The highest BCUT2D eigenvalue weighted by atomic mass is 32.2. The number of nitrogens with zero attached hydrogens (tertiary/aromatic N) is 1. The van der Waals surface area contributed by atoms with Gasteiger partial charge in [-0.2, -0.15) is 0 Å². The number of para-hydroxylation sites is 1. The predicted molar refractivity (Wildman–Crippen MR) is 75.4 cm³/mol. The molecule has 19 heavy (non-hydrogen) atoms. The first-order valence-electron chi connectivity index (χ1n) is 5.77. The summed E-state index contributed by atoms with van der Waals surface area (Å²) in [4.78, 5) is 0.225. The summed E-state index contributed by atoms with van der Waals surface area (Å²) < 4.78 is 26.4. The summed E-state index contributed by atoms with van der Waals surface area (Å²) in [7, 11) is -3.66. The lowest BCUT2D eigenvalue weighted by Gasteiger charge is -2.09. The first kappa shape index (κ1) is 11.8. The number of fused-ring (bicyclic) bond motifs is 1. The molecule has 1 aromatic heterocycles. The second-order valence-corrected chi connectivity index (χ2v) is 6.00. The van der Waals surface area contributed by atoms with E-state index in [0.717, 1.165) is 5.39 Å². The molecule has 0 aliphatic heterocycles. The SMILES string of the molecule is Nc1cc2ccccc2n1S(=O)(=O)c1ccccc1. The van der Waals surface area contributed by atoms with Gasteiger partial charge >= 0.3 is 0 Å². The number of benzene rings is 2. The number of nitrogen functional groups attached to an aromatic ring is 1. The van der Waals surface area contributed by atoms with Gasteiger partial charge < -0.3 is 5.73 Å². The normalized spacial score (nSPS) is 11.8. The van der Waals surface area contributed by atoms with Crippen LogP contribution in [0.2, 0.25) is 0 Å². The molecule has 96 valence electrons. The fourth-order valence-corrected chi connectivity index (χ4v) is 3.59. The largest absolute Gasteiger partial charge is 0.384 e. The van der Waals surface area contributed by atoms with Crippen molar-refractivity contribution in [2.75, 3.05) is 5.73 Å². The second kappa shape index (κ2) is 4.13. The smallest absolute Gasteiger partial charge is 0.269 e. The minimum absolute atomic E-state index is 0.213. The van der Waals surface area contributed by atoms with E-state index in [0.29, 0.717) is 5.52 Å². The molecule has 0 saturated carbocycles. The van der Waals surface area contributed by atoms with Crippen molar-refractivity contribution in [2.45, 2.75) is 4.90 Å². The maximum absolute atomic E-state index is 12.6. The van der Waals surface area contributed by atoms with Crippen LogP contribution in [0, 0.1) is 0 Å². The van der Waals surface area contributed by atoms with Crippen LogP contribution in [0.25, 0.3) is 10.9 Å². The highest BCUT2D eigenvalue weighted by Crippen LogP contribution is 2.26. The van der Waals surface area contributed by atoms with E-state index in [1.807, 2.05) is 12.1 Å². The van der Waals surface area contributed by atoms with E-state index in [1.165, 1.54) is 3.97 Å². The molecule has 1 heterocycles. The highest BCUT2D eigenvalue weighted by molar-refractivity contribution is 7.90. The van der Waals surface area contributed by atoms with Crippen molar-refractivity contribution < 1.29 is 8.42 Å². The Morgan fingerprint density at radius 3 is 2.26 bits per heavy atom. The van der Waals surface area contributed by atoms with E-state index in [4.69, 9.17) is 5.73 Å². The van der Waals surface area contributed by atoms with Crippen molar-refractivity contribution in [3.63, 3.8) is 0 Å². The molecular weight excluding hydrogens is 260 g/mol. The monoisotopic (exact) mass is 272 g/mol. The van der Waals surface area contributed by atoms with Gasteiger partial charge in [-0.1, -0.05) is 36.4 Å². The zero-order chi connectivity index (χ0) is 13.5. The summed E-state index contributed by atoms with van der Waals surface area (Å²) in [6, 6.07) is 17.2. The van der Waals surface area contributed by atoms with Crippen molar-refractivity contribution in [3.05, 3.63) is 60.7 Å². The molecule has 0 aliphatic rings. The predicted octanol–water partition coefficient (Wildman–Crippen LogP) is 2.46. The molecule has 4 nitrogen and oxygen atoms in total. The maximum atomic E-state index is 12.6. The first-order valence-corrected chi connectivity index (χ1v) is 7.21. The topological polar surface area (TPSA) is 65.1 Å². The fourth-order valence-electron chi connectivity index (χ4n) is 2.12. The Labute approximate surface area is 111 Å². The van der Waals surface area contributed by atoms with E-state index < -0.39 is 10.0 Å². The Morgan fingerprint density at radius 1 is 0.895 bits per heavy atom. The lowest BCUT2D eigenvalue weighted by atomic mass is 10.3. The van der Waals surface area contributed by atoms with Gasteiger partial charge in [-0.3, -0.25) is 0 Å². The van der Waals surface area contributed by atoms with Crippen LogP contribution in [0.15, 0.2) is 65.6 Å². The van der Waals surface area contributed by atoms with E-state index in [1.54, 1.807) is 48.5 Å². The minimum atomic E-state index is -3.66. The Hall–Kier alpha value is -2.27. The van der Waals surface area contributed by atoms with Gasteiger partial charge in [0.2, 0.25) is 0 Å². The van der Waals surface area contributed by atoms with Gasteiger partial charge in [0.05, 0.1) is 10.4 Å². The Kier molecular flexibility index (Phi) is 2.57. The first-order chi connectivity index (χ1) is 9.10. The number of hydrogen-bond acceptors (Lipinski definition) is 3. The van der Waals surface area contributed by atoms with Gasteiger partial charge in [-0.15, -0.1) is 0 Å². The number of rotatable bonds is 2. The van der Waals surface area contributed by atoms with Crippen molar-refractivity contribution >= 4 is 26.7 Å². The molecule has 0 amide bonds. The van der Waals surface area contributed by atoms with Gasteiger partial charge in [-0.25, -0.2) is 12.4 Å². The second-order valence-electron chi connectivity index (χ2n) is 4.21. The van der Waals surface area contributed by atoms with Crippen molar-refractivity contribution in [1.29, 1.82) is 0 Å². The zero-order valence-electron chi connectivity index (χ0n) is 10.0. The minimum Gasteiger partial charge on any atom is -0.384 e. The molecule has 0 atom stereocenters. The summed E-state index contributed by atoms with van der Waals surface area (Å²) >= 11 is 0. The summed E-state index contributed by atoms with van der Waals surface area (Å²) in [5, 5.41) is 0.805. The molecule has 0 unspecified atom stereocenters. The lowest BCUT2D eigenvalue weighted by Crippen LogP contribution is -2.14. The Morgan fingerprint density at radius 2 is 1.53 bits per heavy atom. The Bertz CT molecular complexity index is 836. The van der Waals surface area contributed by atoms with Crippen molar-refractivity contribution in [2.24, 2.45) is 0 Å². The molecule has 2 N–H and O–H groups in total. The van der Waals surface area contributed by atoms with Crippen LogP contribution in [0.4, 0.5) is 5.82 Å². The van der Waals surface area contributed by atoms with Gasteiger partial charge in [0.15, 0.2) is 0 Å². The molecule has 0 aliphatic carbocycles. The fraction of sp³-hybridized carbons (Fsp3) is 0. The number of hydrogen-bond donors (Lipinski definition) is 1. The molecular formula is C14H12N2O2S. The van der Waals surface area contributed by atoms with E-state index >= 15 is 0 Å². The van der Waals surface area contributed by atoms with Crippen LogP contribution < -0.4 is 5.73 Å².